The molecule has 5 heteroatoms. The van der Waals surface area contributed by atoms with Crippen molar-refractivity contribution in [3.05, 3.63) is 95.0 Å². The predicted molar refractivity (Wildman–Crippen MR) is 99.8 cm³/mol. The summed E-state index contributed by atoms with van der Waals surface area (Å²) < 4.78 is 5.41. The molecule has 2 N–H and O–H groups in total. The highest BCUT2D eigenvalue weighted by Crippen LogP contribution is 2.19. The highest BCUT2D eigenvalue weighted by molar-refractivity contribution is 6.33. The van der Waals surface area contributed by atoms with Gasteiger partial charge in [0.25, 0.3) is 0 Å². The van der Waals surface area contributed by atoms with E-state index in [1.807, 2.05) is 48.5 Å². The number of hydrazine groups is 1. The average Bonchev–Trinajstić information content (AvgIpc) is 2.63. The van der Waals surface area contributed by atoms with Crippen LogP contribution in [0, 0.1) is 0 Å². The fraction of sp³-hybridized carbons (Fsp3) is 0.0500. The first kappa shape index (κ1) is 17.0. The van der Waals surface area contributed by atoms with E-state index in [1.54, 1.807) is 30.3 Å². The lowest BCUT2D eigenvalue weighted by Crippen LogP contribution is -2.20. The second-order valence-electron chi connectivity index (χ2n) is 5.36. The maximum Gasteiger partial charge on any atom is 0.345 e. The Balaban J connectivity index is 1.59. The van der Waals surface area contributed by atoms with E-state index in [1.165, 1.54) is 0 Å². The Morgan fingerprint density at radius 2 is 1.68 bits per heavy atom. The molecule has 0 amide bonds. The van der Waals surface area contributed by atoms with Gasteiger partial charge in [0, 0.05) is 12.2 Å². The SMILES string of the molecule is O=C(Oc1cccc(CNNc2ccccc2)c1)c1ccccc1Cl. The first-order valence-corrected chi connectivity index (χ1v) is 8.20. The number of para-hydroxylation sites is 1. The number of carbonyl (C=O) groups excluding carboxylic acids is 1. The highest BCUT2D eigenvalue weighted by atomic mass is 35.5. The Kier molecular flexibility index (Phi) is 5.67. The summed E-state index contributed by atoms with van der Waals surface area (Å²) in [6.07, 6.45) is 0. The number of carbonyl (C=O) groups is 1. The van der Waals surface area contributed by atoms with Gasteiger partial charge in [0.15, 0.2) is 0 Å². The lowest BCUT2D eigenvalue weighted by atomic mass is 10.2. The molecule has 0 aliphatic heterocycles. The monoisotopic (exact) mass is 352 g/mol. The number of benzene rings is 3. The summed E-state index contributed by atoms with van der Waals surface area (Å²) in [7, 11) is 0. The molecule has 126 valence electrons. The molecule has 0 spiro atoms. The van der Waals surface area contributed by atoms with Crippen LogP contribution in [0.5, 0.6) is 5.75 Å². The molecule has 3 aromatic rings. The molecule has 0 atom stereocenters. The fourth-order valence-electron chi connectivity index (χ4n) is 2.28. The molecule has 25 heavy (non-hydrogen) atoms. The quantitative estimate of drug-likeness (QED) is 0.384. The van der Waals surface area contributed by atoms with E-state index in [0.29, 0.717) is 22.9 Å². The van der Waals surface area contributed by atoms with Gasteiger partial charge in [-0.05, 0) is 42.0 Å². The van der Waals surface area contributed by atoms with Crippen LogP contribution in [0.25, 0.3) is 0 Å². The maximum atomic E-state index is 12.2. The summed E-state index contributed by atoms with van der Waals surface area (Å²) in [5.74, 6) is 0.00190. The van der Waals surface area contributed by atoms with Crippen LogP contribution in [0.3, 0.4) is 0 Å². The normalized spacial score (nSPS) is 10.3. The summed E-state index contributed by atoms with van der Waals surface area (Å²) in [6, 6.07) is 24.0. The van der Waals surface area contributed by atoms with E-state index in [-0.39, 0.29) is 0 Å². The van der Waals surface area contributed by atoms with Gasteiger partial charge >= 0.3 is 5.97 Å². The third-order valence-electron chi connectivity index (χ3n) is 3.50. The lowest BCUT2D eigenvalue weighted by molar-refractivity contribution is 0.0735. The van der Waals surface area contributed by atoms with Gasteiger partial charge in [-0.1, -0.05) is 54.1 Å². The number of nitrogens with one attached hydrogen (secondary N) is 2. The van der Waals surface area contributed by atoms with Crippen molar-refractivity contribution in [2.45, 2.75) is 6.54 Å². The number of hydrogen-bond donors (Lipinski definition) is 2. The number of ether oxygens (including phenoxy) is 1. The Morgan fingerprint density at radius 1 is 0.920 bits per heavy atom. The van der Waals surface area contributed by atoms with E-state index in [9.17, 15) is 4.79 Å². The van der Waals surface area contributed by atoms with Crippen molar-refractivity contribution in [2.24, 2.45) is 0 Å². The third-order valence-corrected chi connectivity index (χ3v) is 3.83. The lowest BCUT2D eigenvalue weighted by Gasteiger charge is -2.10. The Morgan fingerprint density at radius 3 is 2.48 bits per heavy atom. The molecule has 0 fully saturated rings. The van der Waals surface area contributed by atoms with Crippen molar-refractivity contribution in [3.63, 3.8) is 0 Å². The number of esters is 1. The van der Waals surface area contributed by atoms with Crippen LogP contribution in [0.4, 0.5) is 5.69 Å². The molecular weight excluding hydrogens is 336 g/mol. The zero-order valence-electron chi connectivity index (χ0n) is 13.4. The summed E-state index contributed by atoms with van der Waals surface area (Å²) in [4.78, 5) is 12.2. The summed E-state index contributed by atoms with van der Waals surface area (Å²) >= 11 is 6.02. The molecule has 0 aliphatic carbocycles. The molecular formula is C20H17ClN2O2. The second-order valence-corrected chi connectivity index (χ2v) is 5.77. The number of halogens is 1. The van der Waals surface area contributed by atoms with Crippen LogP contribution in [-0.2, 0) is 6.54 Å². The Hall–Kier alpha value is -2.82. The minimum atomic E-state index is -0.474. The molecule has 0 unspecified atom stereocenters. The minimum absolute atomic E-state index is 0.346. The van der Waals surface area contributed by atoms with E-state index in [4.69, 9.17) is 16.3 Å². The van der Waals surface area contributed by atoms with Gasteiger partial charge in [-0.25, -0.2) is 10.2 Å². The number of rotatable bonds is 6. The van der Waals surface area contributed by atoms with Gasteiger partial charge in [-0.3, -0.25) is 0 Å². The van der Waals surface area contributed by atoms with E-state index in [0.717, 1.165) is 11.3 Å². The zero-order valence-corrected chi connectivity index (χ0v) is 14.2. The molecule has 3 aromatic carbocycles. The van der Waals surface area contributed by atoms with Crippen molar-refractivity contribution in [1.29, 1.82) is 0 Å². The number of hydrogen-bond acceptors (Lipinski definition) is 4. The summed E-state index contributed by atoms with van der Waals surface area (Å²) in [6.45, 7) is 0.576. The molecule has 3 rings (SSSR count). The van der Waals surface area contributed by atoms with Gasteiger partial charge in [0.05, 0.1) is 10.6 Å². The smallest absolute Gasteiger partial charge is 0.345 e. The van der Waals surface area contributed by atoms with Crippen LogP contribution < -0.4 is 15.6 Å². The zero-order chi connectivity index (χ0) is 17.5. The van der Waals surface area contributed by atoms with Crippen molar-refractivity contribution in [1.82, 2.24) is 5.43 Å². The largest absolute Gasteiger partial charge is 0.423 e. The van der Waals surface area contributed by atoms with E-state index < -0.39 is 5.97 Å². The van der Waals surface area contributed by atoms with Gasteiger partial charge in [0.1, 0.15) is 5.75 Å². The third kappa shape index (κ3) is 4.83. The van der Waals surface area contributed by atoms with Crippen molar-refractivity contribution in [2.75, 3.05) is 5.43 Å². The van der Waals surface area contributed by atoms with Crippen LogP contribution in [0.1, 0.15) is 15.9 Å². The fourth-order valence-corrected chi connectivity index (χ4v) is 2.49. The minimum Gasteiger partial charge on any atom is -0.423 e. The summed E-state index contributed by atoms with van der Waals surface area (Å²) in [5.41, 5.74) is 8.54. The molecule has 0 aromatic heterocycles. The van der Waals surface area contributed by atoms with Crippen LogP contribution >= 0.6 is 11.6 Å². The molecule has 0 saturated heterocycles. The highest BCUT2D eigenvalue weighted by Gasteiger charge is 2.12. The molecule has 0 heterocycles. The average molecular weight is 353 g/mol. The summed E-state index contributed by atoms with van der Waals surface area (Å²) in [5, 5.41) is 0.373. The first-order chi connectivity index (χ1) is 12.2. The van der Waals surface area contributed by atoms with E-state index >= 15 is 0 Å². The standard InChI is InChI=1S/C20H17ClN2O2/c21-19-12-5-4-11-18(19)20(24)25-17-10-6-7-15(13-17)14-22-23-16-8-2-1-3-9-16/h1-13,22-23H,14H2. The van der Waals surface area contributed by atoms with Crippen molar-refractivity contribution in [3.8, 4) is 5.75 Å². The molecule has 0 radical (unpaired) electrons. The Bertz CT molecular complexity index is 853. The number of anilines is 1. The van der Waals surface area contributed by atoms with Gasteiger partial charge in [-0.2, -0.15) is 0 Å². The van der Waals surface area contributed by atoms with Crippen LogP contribution in [-0.4, -0.2) is 5.97 Å². The topological polar surface area (TPSA) is 50.4 Å². The molecule has 0 bridgehead atoms. The maximum absolute atomic E-state index is 12.2. The molecule has 0 saturated carbocycles. The van der Waals surface area contributed by atoms with Crippen molar-refractivity contribution < 1.29 is 9.53 Å². The van der Waals surface area contributed by atoms with E-state index in [2.05, 4.69) is 10.9 Å². The first-order valence-electron chi connectivity index (χ1n) is 7.82. The van der Waals surface area contributed by atoms with Gasteiger partial charge in [0.2, 0.25) is 0 Å². The Labute approximate surface area is 151 Å². The van der Waals surface area contributed by atoms with Crippen LogP contribution in [0.2, 0.25) is 5.02 Å². The van der Waals surface area contributed by atoms with Crippen LogP contribution in [0.15, 0.2) is 78.9 Å². The van der Waals surface area contributed by atoms with Crippen molar-refractivity contribution >= 4 is 23.3 Å². The van der Waals surface area contributed by atoms with Gasteiger partial charge in [-0.15, -0.1) is 0 Å². The molecule has 4 nitrogen and oxygen atoms in total. The second kappa shape index (κ2) is 8.33. The molecule has 0 aliphatic rings. The predicted octanol–water partition coefficient (Wildman–Crippen LogP) is 4.68. The van der Waals surface area contributed by atoms with Gasteiger partial charge < -0.3 is 10.2 Å².